The Hall–Kier alpha value is -0.660. The number of likely N-dealkylation sites (N-methyl/N-ethyl adjacent to an activating group) is 1. The topological polar surface area (TPSA) is 53.8 Å². The quantitative estimate of drug-likeness (QED) is 0.842. The Morgan fingerprint density at radius 1 is 1.35 bits per heavy atom. The van der Waals surface area contributed by atoms with Crippen LogP contribution in [0, 0.1) is 0 Å². The van der Waals surface area contributed by atoms with Crippen LogP contribution in [0.25, 0.3) is 0 Å². The lowest BCUT2D eigenvalue weighted by Gasteiger charge is -2.35. The molecule has 0 radical (unpaired) electrons. The largest absolute Gasteiger partial charge is 0.497 e. The van der Waals surface area contributed by atoms with Crippen LogP contribution in [0.3, 0.4) is 0 Å². The van der Waals surface area contributed by atoms with Crippen molar-refractivity contribution in [2.75, 3.05) is 46.9 Å². The summed E-state index contributed by atoms with van der Waals surface area (Å²) in [5.41, 5.74) is 10.6. The van der Waals surface area contributed by atoms with Crippen molar-refractivity contribution < 1.29 is 4.74 Å². The third-order valence-electron chi connectivity index (χ3n) is 3.66. The number of nitrogens with two attached hydrogens (primary N) is 1. The Bertz CT molecular complexity index is 435. The van der Waals surface area contributed by atoms with Gasteiger partial charge in [0.05, 0.1) is 13.2 Å². The second-order valence-electron chi connectivity index (χ2n) is 5.10. The van der Waals surface area contributed by atoms with E-state index in [0.29, 0.717) is 6.54 Å². The summed E-state index contributed by atoms with van der Waals surface area (Å²) in [5.74, 6) is 0.849. The summed E-state index contributed by atoms with van der Waals surface area (Å²) in [7, 11) is 3.83. The molecule has 0 aromatic heterocycles. The number of nitrogens with one attached hydrogen (secondary N) is 1. The molecule has 5 nitrogen and oxygen atoms in total. The van der Waals surface area contributed by atoms with Gasteiger partial charge in [-0.2, -0.15) is 0 Å². The first-order valence-electron chi connectivity index (χ1n) is 6.87. The van der Waals surface area contributed by atoms with E-state index in [1.54, 1.807) is 7.11 Å². The highest BCUT2D eigenvalue weighted by Crippen LogP contribution is 2.27. The van der Waals surface area contributed by atoms with Crippen LogP contribution in [0.4, 0.5) is 0 Å². The first-order chi connectivity index (χ1) is 9.63. The molecule has 1 unspecified atom stereocenters. The third kappa shape index (κ3) is 3.93. The predicted molar refractivity (Wildman–Crippen MR) is 84.7 cm³/mol. The van der Waals surface area contributed by atoms with Gasteiger partial charge in [0, 0.05) is 37.2 Å². The molecule has 0 spiro atoms. The lowest BCUT2D eigenvalue weighted by Crippen LogP contribution is -2.52. The van der Waals surface area contributed by atoms with Crippen molar-refractivity contribution in [1.29, 1.82) is 0 Å². The molecule has 6 heteroatoms. The van der Waals surface area contributed by atoms with Crippen LogP contribution < -0.4 is 15.9 Å². The van der Waals surface area contributed by atoms with Crippen molar-refractivity contribution in [2.24, 2.45) is 5.73 Å². The van der Waals surface area contributed by atoms with Crippen LogP contribution in [0.5, 0.6) is 5.75 Å². The number of benzene rings is 1. The van der Waals surface area contributed by atoms with Crippen molar-refractivity contribution >= 4 is 15.9 Å². The van der Waals surface area contributed by atoms with Crippen LogP contribution in [-0.4, -0.2) is 56.8 Å². The number of piperazine rings is 1. The maximum atomic E-state index is 5.95. The summed E-state index contributed by atoms with van der Waals surface area (Å²) in [5, 5.41) is 2.25. The molecule has 112 valence electrons. The van der Waals surface area contributed by atoms with Gasteiger partial charge in [-0.25, -0.2) is 10.4 Å². The molecule has 1 aliphatic rings. The summed E-state index contributed by atoms with van der Waals surface area (Å²) in [6.45, 7) is 4.70. The van der Waals surface area contributed by atoms with Gasteiger partial charge < -0.3 is 15.4 Å². The maximum absolute atomic E-state index is 5.95. The summed E-state index contributed by atoms with van der Waals surface area (Å²) < 4.78 is 6.35. The molecular formula is C14H23BrN4O. The van der Waals surface area contributed by atoms with Crippen molar-refractivity contribution in [3.63, 3.8) is 0 Å². The molecule has 1 saturated heterocycles. The summed E-state index contributed by atoms with van der Waals surface area (Å²) >= 11 is 3.60. The SMILES string of the molecule is COc1ccc(Br)c(C(CN)NN2CCN(C)CC2)c1. The number of hydrazine groups is 1. The standard InChI is InChI=1S/C14H23BrN4O/c1-18-5-7-19(8-6-18)17-14(10-16)12-9-11(20-2)3-4-13(12)15/h3-4,9,14,17H,5-8,10,16H2,1-2H3. The van der Waals surface area contributed by atoms with E-state index in [9.17, 15) is 0 Å². The average molecular weight is 343 g/mol. The van der Waals surface area contributed by atoms with Gasteiger partial charge in [0.15, 0.2) is 0 Å². The molecule has 0 bridgehead atoms. The van der Waals surface area contributed by atoms with Gasteiger partial charge in [-0.15, -0.1) is 0 Å². The molecule has 0 saturated carbocycles. The zero-order valence-corrected chi connectivity index (χ0v) is 13.7. The van der Waals surface area contributed by atoms with Crippen LogP contribution >= 0.6 is 15.9 Å². The van der Waals surface area contributed by atoms with Gasteiger partial charge in [0.2, 0.25) is 0 Å². The second-order valence-corrected chi connectivity index (χ2v) is 5.95. The molecule has 0 aliphatic carbocycles. The van der Waals surface area contributed by atoms with E-state index >= 15 is 0 Å². The minimum Gasteiger partial charge on any atom is -0.497 e. The molecule has 1 fully saturated rings. The van der Waals surface area contributed by atoms with E-state index in [-0.39, 0.29) is 6.04 Å². The summed E-state index contributed by atoms with van der Waals surface area (Å²) in [4.78, 5) is 2.33. The second kappa shape index (κ2) is 7.38. The molecule has 20 heavy (non-hydrogen) atoms. The Morgan fingerprint density at radius 3 is 2.65 bits per heavy atom. The number of rotatable bonds is 5. The fourth-order valence-corrected chi connectivity index (χ4v) is 2.84. The van der Waals surface area contributed by atoms with Crippen molar-refractivity contribution in [2.45, 2.75) is 6.04 Å². The Labute approximate surface area is 129 Å². The van der Waals surface area contributed by atoms with E-state index in [1.807, 2.05) is 18.2 Å². The van der Waals surface area contributed by atoms with E-state index in [0.717, 1.165) is 42.0 Å². The fourth-order valence-electron chi connectivity index (χ4n) is 2.32. The Kier molecular flexibility index (Phi) is 5.80. The molecule has 1 heterocycles. The summed E-state index contributed by atoms with van der Waals surface area (Å²) in [6, 6.07) is 6.06. The Balaban J connectivity index is 2.07. The number of methoxy groups -OCH3 is 1. The van der Waals surface area contributed by atoms with Crippen LogP contribution in [0.1, 0.15) is 11.6 Å². The number of nitrogens with zero attached hydrogens (tertiary/aromatic N) is 2. The predicted octanol–water partition coefficient (Wildman–Crippen LogP) is 1.21. The lowest BCUT2D eigenvalue weighted by atomic mass is 10.1. The fraction of sp³-hybridized carbons (Fsp3) is 0.571. The summed E-state index contributed by atoms with van der Waals surface area (Å²) in [6.07, 6.45) is 0. The van der Waals surface area contributed by atoms with E-state index in [4.69, 9.17) is 10.5 Å². The molecule has 1 aromatic carbocycles. The van der Waals surface area contributed by atoms with E-state index < -0.39 is 0 Å². The van der Waals surface area contributed by atoms with Gasteiger partial charge in [-0.3, -0.25) is 0 Å². The highest BCUT2D eigenvalue weighted by atomic mass is 79.9. The van der Waals surface area contributed by atoms with Crippen molar-refractivity contribution in [1.82, 2.24) is 15.3 Å². The molecule has 1 aliphatic heterocycles. The first-order valence-corrected chi connectivity index (χ1v) is 7.66. The van der Waals surface area contributed by atoms with Gasteiger partial charge in [-0.1, -0.05) is 15.9 Å². The van der Waals surface area contributed by atoms with Gasteiger partial charge >= 0.3 is 0 Å². The molecule has 1 atom stereocenters. The van der Waals surface area contributed by atoms with Crippen LogP contribution in [0.15, 0.2) is 22.7 Å². The minimum atomic E-state index is 0.0860. The highest BCUT2D eigenvalue weighted by molar-refractivity contribution is 9.10. The molecule has 1 aromatic rings. The number of halogens is 1. The molecule has 3 N–H and O–H groups in total. The van der Waals surface area contributed by atoms with Crippen molar-refractivity contribution in [3.8, 4) is 5.75 Å². The van der Waals surface area contributed by atoms with Gasteiger partial charge in [0.1, 0.15) is 5.75 Å². The zero-order chi connectivity index (χ0) is 14.5. The van der Waals surface area contributed by atoms with Gasteiger partial charge in [0.25, 0.3) is 0 Å². The Morgan fingerprint density at radius 2 is 2.05 bits per heavy atom. The highest BCUT2D eigenvalue weighted by Gasteiger charge is 2.20. The monoisotopic (exact) mass is 342 g/mol. The first kappa shape index (κ1) is 15.7. The van der Waals surface area contributed by atoms with Crippen LogP contribution in [-0.2, 0) is 0 Å². The smallest absolute Gasteiger partial charge is 0.119 e. The lowest BCUT2D eigenvalue weighted by molar-refractivity contribution is 0.0878. The number of hydrogen-bond donors (Lipinski definition) is 2. The van der Waals surface area contributed by atoms with Crippen LogP contribution in [0.2, 0.25) is 0 Å². The molecule has 0 amide bonds. The molecule has 2 rings (SSSR count). The number of hydrogen-bond acceptors (Lipinski definition) is 5. The van der Waals surface area contributed by atoms with E-state index in [1.165, 1.54) is 0 Å². The van der Waals surface area contributed by atoms with Gasteiger partial charge in [-0.05, 0) is 30.8 Å². The minimum absolute atomic E-state index is 0.0860. The van der Waals surface area contributed by atoms with E-state index in [2.05, 4.69) is 38.3 Å². The normalized spacial score (nSPS) is 19.0. The molecular weight excluding hydrogens is 320 g/mol. The zero-order valence-electron chi connectivity index (χ0n) is 12.1. The maximum Gasteiger partial charge on any atom is 0.119 e. The average Bonchev–Trinajstić information content (AvgIpc) is 2.47. The van der Waals surface area contributed by atoms with Crippen molar-refractivity contribution in [3.05, 3.63) is 28.2 Å². The number of ether oxygens (including phenoxy) is 1. The third-order valence-corrected chi connectivity index (χ3v) is 4.38.